The molecule has 33 heavy (non-hydrogen) atoms. The van der Waals surface area contributed by atoms with Gasteiger partial charge in [0.15, 0.2) is 11.0 Å². The van der Waals surface area contributed by atoms with Gasteiger partial charge in [-0.1, -0.05) is 41.9 Å². The second kappa shape index (κ2) is 10.0. The summed E-state index contributed by atoms with van der Waals surface area (Å²) in [4.78, 5) is 26.3. The lowest BCUT2D eigenvalue weighted by Gasteiger charge is -2.18. The second-order valence-electron chi connectivity index (χ2n) is 7.88. The minimum Gasteiger partial charge on any atom is -0.465 e. The van der Waals surface area contributed by atoms with Crippen LogP contribution in [0.5, 0.6) is 0 Å². The molecule has 0 bridgehead atoms. The Labute approximate surface area is 209 Å². The topological polar surface area (TPSA) is 86.1 Å². The van der Waals surface area contributed by atoms with Crippen molar-refractivity contribution in [3.8, 4) is 11.4 Å². The number of methoxy groups -OCH3 is 1. The average Bonchev–Trinajstić information content (AvgIpc) is 3.33. The maximum Gasteiger partial charge on any atom is 0.341 e. The molecule has 1 unspecified atom stereocenters. The van der Waals surface area contributed by atoms with Crippen LogP contribution in [0.15, 0.2) is 23.4 Å². The van der Waals surface area contributed by atoms with Gasteiger partial charge in [-0.2, -0.15) is 0 Å². The third-order valence-electron chi connectivity index (χ3n) is 5.50. The zero-order chi connectivity index (χ0) is 23.7. The largest absolute Gasteiger partial charge is 0.465 e. The smallest absolute Gasteiger partial charge is 0.341 e. The number of nitrogens with zero attached hydrogens (tertiary/aromatic N) is 3. The number of amides is 1. The van der Waals surface area contributed by atoms with Crippen molar-refractivity contribution < 1.29 is 14.3 Å². The maximum absolute atomic E-state index is 12.7. The van der Waals surface area contributed by atoms with Crippen LogP contribution in [0.2, 0.25) is 10.0 Å². The number of anilines is 1. The Kier molecular flexibility index (Phi) is 7.33. The molecular weight excluding hydrogens is 503 g/mol. The number of carbonyl (C=O) groups is 2. The van der Waals surface area contributed by atoms with E-state index in [0.717, 1.165) is 35.3 Å². The van der Waals surface area contributed by atoms with Crippen LogP contribution in [0.25, 0.3) is 11.4 Å². The van der Waals surface area contributed by atoms with E-state index >= 15 is 0 Å². The van der Waals surface area contributed by atoms with Crippen molar-refractivity contribution in [3.05, 3.63) is 44.2 Å². The molecule has 0 aliphatic heterocycles. The number of hydrogen-bond donors (Lipinski definition) is 1. The molecule has 0 spiro atoms. The highest BCUT2D eigenvalue weighted by molar-refractivity contribution is 7.99. The third-order valence-corrected chi connectivity index (χ3v) is 8.43. The first kappa shape index (κ1) is 24.1. The van der Waals surface area contributed by atoms with Crippen LogP contribution >= 0.6 is 46.3 Å². The number of fused-ring (bicyclic) bond motifs is 1. The number of halogens is 2. The summed E-state index contributed by atoms with van der Waals surface area (Å²) in [5, 5.41) is 13.3. The molecule has 1 N–H and O–H groups in total. The molecule has 0 saturated carbocycles. The van der Waals surface area contributed by atoms with Gasteiger partial charge in [0.2, 0.25) is 5.91 Å². The molecule has 4 rings (SSSR count). The van der Waals surface area contributed by atoms with E-state index in [0.29, 0.717) is 37.5 Å². The number of esters is 1. The zero-order valence-corrected chi connectivity index (χ0v) is 21.4. The minimum atomic E-state index is -0.412. The summed E-state index contributed by atoms with van der Waals surface area (Å²) in [6.45, 7) is 2.20. The van der Waals surface area contributed by atoms with Crippen molar-refractivity contribution in [1.82, 2.24) is 14.8 Å². The number of thiophene rings is 1. The molecule has 0 fully saturated rings. The number of benzene rings is 1. The Bertz CT molecular complexity index is 1220. The second-order valence-corrected chi connectivity index (χ2v) is 10.7. The van der Waals surface area contributed by atoms with E-state index in [9.17, 15) is 9.59 Å². The van der Waals surface area contributed by atoms with Gasteiger partial charge in [-0.3, -0.25) is 4.79 Å². The molecule has 11 heteroatoms. The first-order chi connectivity index (χ1) is 15.8. The number of hydrogen-bond acceptors (Lipinski definition) is 7. The van der Waals surface area contributed by atoms with Gasteiger partial charge in [0.05, 0.1) is 28.5 Å². The summed E-state index contributed by atoms with van der Waals surface area (Å²) in [5.41, 5.74) is 2.27. The van der Waals surface area contributed by atoms with Crippen LogP contribution in [-0.2, 0) is 29.4 Å². The standard InChI is InChI=1S/C22H22Cl2N4O3S2/c1-11-4-6-13-16(8-11)33-20(18(13)21(30)31-3)25-17(29)10-32-22-27-26-19(28(22)2)12-5-7-14(23)15(24)9-12/h5,7,9,11H,4,6,8,10H2,1-3H3,(H,25,29). The molecule has 0 radical (unpaired) electrons. The van der Waals surface area contributed by atoms with E-state index in [1.807, 2.05) is 13.1 Å². The SMILES string of the molecule is COC(=O)c1c(NC(=O)CSc2nnc(-c3ccc(Cl)c(Cl)c3)n2C)sc2c1CCC(C)C2. The summed E-state index contributed by atoms with van der Waals surface area (Å²) >= 11 is 14.8. The fourth-order valence-corrected chi connectivity index (χ4v) is 6.20. The van der Waals surface area contributed by atoms with E-state index in [1.54, 1.807) is 16.7 Å². The molecule has 2 aromatic heterocycles. The van der Waals surface area contributed by atoms with Gasteiger partial charge < -0.3 is 14.6 Å². The summed E-state index contributed by atoms with van der Waals surface area (Å²) < 4.78 is 6.78. The fraction of sp³-hybridized carbons (Fsp3) is 0.364. The van der Waals surface area contributed by atoms with Crippen LogP contribution < -0.4 is 5.32 Å². The van der Waals surface area contributed by atoms with Crippen LogP contribution in [-0.4, -0.2) is 39.5 Å². The van der Waals surface area contributed by atoms with Gasteiger partial charge >= 0.3 is 5.97 Å². The summed E-state index contributed by atoms with van der Waals surface area (Å²) in [5.74, 6) is 0.652. The van der Waals surface area contributed by atoms with Gasteiger partial charge in [0.1, 0.15) is 5.00 Å². The summed E-state index contributed by atoms with van der Waals surface area (Å²) in [6.07, 6.45) is 2.74. The molecule has 1 aromatic carbocycles. The molecule has 1 atom stereocenters. The van der Waals surface area contributed by atoms with Crippen molar-refractivity contribution in [2.45, 2.75) is 31.3 Å². The number of rotatable bonds is 6. The minimum absolute atomic E-state index is 0.118. The molecule has 2 heterocycles. The molecule has 174 valence electrons. The Morgan fingerprint density at radius 2 is 2.09 bits per heavy atom. The van der Waals surface area contributed by atoms with E-state index in [-0.39, 0.29) is 11.7 Å². The van der Waals surface area contributed by atoms with Crippen LogP contribution in [0.1, 0.15) is 34.1 Å². The first-order valence-electron chi connectivity index (χ1n) is 10.3. The predicted molar refractivity (Wildman–Crippen MR) is 133 cm³/mol. The fourth-order valence-electron chi connectivity index (χ4n) is 3.78. The normalized spacial score (nSPS) is 15.2. The number of thioether (sulfide) groups is 1. The lowest BCUT2D eigenvalue weighted by molar-refractivity contribution is -0.113. The van der Waals surface area contributed by atoms with Gasteiger partial charge in [0.25, 0.3) is 0 Å². The van der Waals surface area contributed by atoms with Gasteiger partial charge in [-0.25, -0.2) is 4.79 Å². The highest BCUT2D eigenvalue weighted by atomic mass is 35.5. The Hall–Kier alpha value is -2.07. The molecule has 0 saturated heterocycles. The van der Waals surface area contributed by atoms with E-state index in [1.165, 1.54) is 30.2 Å². The predicted octanol–water partition coefficient (Wildman–Crippen LogP) is 5.49. The maximum atomic E-state index is 12.7. The molecular formula is C22H22Cl2N4O3S2. The highest BCUT2D eigenvalue weighted by Gasteiger charge is 2.29. The van der Waals surface area contributed by atoms with E-state index < -0.39 is 5.97 Å². The van der Waals surface area contributed by atoms with Crippen molar-refractivity contribution >= 4 is 63.2 Å². The van der Waals surface area contributed by atoms with E-state index in [2.05, 4.69) is 22.4 Å². The zero-order valence-electron chi connectivity index (χ0n) is 18.3. The Balaban J connectivity index is 1.47. The Morgan fingerprint density at radius 3 is 2.82 bits per heavy atom. The van der Waals surface area contributed by atoms with Crippen molar-refractivity contribution in [2.75, 3.05) is 18.2 Å². The van der Waals surface area contributed by atoms with Crippen LogP contribution in [0.3, 0.4) is 0 Å². The molecule has 1 amide bonds. The number of ether oxygens (including phenoxy) is 1. The van der Waals surface area contributed by atoms with Crippen LogP contribution in [0, 0.1) is 5.92 Å². The monoisotopic (exact) mass is 524 g/mol. The highest BCUT2D eigenvalue weighted by Crippen LogP contribution is 2.40. The molecule has 3 aromatic rings. The van der Waals surface area contributed by atoms with Crippen LogP contribution in [0.4, 0.5) is 5.00 Å². The molecule has 1 aliphatic carbocycles. The van der Waals surface area contributed by atoms with Gasteiger partial charge in [-0.15, -0.1) is 21.5 Å². The summed E-state index contributed by atoms with van der Waals surface area (Å²) in [7, 11) is 3.18. The van der Waals surface area contributed by atoms with Crippen molar-refractivity contribution in [2.24, 2.45) is 13.0 Å². The number of aromatic nitrogens is 3. The van der Waals surface area contributed by atoms with E-state index in [4.69, 9.17) is 27.9 Å². The number of carbonyl (C=O) groups excluding carboxylic acids is 2. The third kappa shape index (κ3) is 5.06. The van der Waals surface area contributed by atoms with Crippen molar-refractivity contribution in [3.63, 3.8) is 0 Å². The summed E-state index contributed by atoms with van der Waals surface area (Å²) in [6, 6.07) is 5.24. The first-order valence-corrected chi connectivity index (χ1v) is 12.8. The lowest BCUT2D eigenvalue weighted by atomic mass is 9.88. The molecule has 7 nitrogen and oxygen atoms in total. The Morgan fingerprint density at radius 1 is 1.30 bits per heavy atom. The van der Waals surface area contributed by atoms with Gasteiger partial charge in [-0.05, 0) is 48.9 Å². The van der Waals surface area contributed by atoms with Gasteiger partial charge in [0, 0.05) is 17.5 Å². The average molecular weight is 525 g/mol. The van der Waals surface area contributed by atoms with Crippen molar-refractivity contribution in [1.29, 1.82) is 0 Å². The lowest BCUT2D eigenvalue weighted by Crippen LogP contribution is -2.17. The molecule has 1 aliphatic rings. The number of nitrogens with one attached hydrogen (secondary N) is 1. The quantitative estimate of drug-likeness (QED) is 0.338.